The number of rotatable bonds is 5. The highest BCUT2D eigenvalue weighted by Gasteiger charge is 2.08. The van der Waals surface area contributed by atoms with E-state index in [0.717, 1.165) is 0 Å². The number of thiophene rings is 1. The summed E-state index contributed by atoms with van der Waals surface area (Å²) in [4.78, 5) is 25.5. The smallest absolute Gasteiger partial charge is 0.265 e. The first kappa shape index (κ1) is 16.9. The number of hydrogen-bond donors (Lipinski definition) is 1. The number of nitrogens with zero attached hydrogens (tertiary/aromatic N) is 4. The zero-order chi connectivity index (χ0) is 18.6. The van der Waals surface area contributed by atoms with Gasteiger partial charge in [0.05, 0.1) is 4.88 Å². The largest absolute Gasteiger partial charge is 0.439 e. The van der Waals surface area contributed by atoms with E-state index in [9.17, 15) is 4.79 Å². The number of ether oxygens (including phenoxy) is 1. The molecule has 4 aromatic rings. The summed E-state index contributed by atoms with van der Waals surface area (Å²) in [6.07, 6.45) is 5.15. The number of aromatic nitrogens is 4. The molecule has 4 rings (SSSR count). The van der Waals surface area contributed by atoms with Crippen molar-refractivity contribution >= 4 is 22.9 Å². The van der Waals surface area contributed by atoms with Gasteiger partial charge in [0.25, 0.3) is 5.91 Å². The van der Waals surface area contributed by atoms with Crippen molar-refractivity contribution in [3.8, 4) is 17.4 Å². The lowest BCUT2D eigenvalue weighted by Gasteiger charge is -2.09. The molecule has 3 heterocycles. The molecule has 0 saturated carbocycles. The van der Waals surface area contributed by atoms with Crippen LogP contribution in [0.5, 0.6) is 11.6 Å². The summed E-state index contributed by atoms with van der Waals surface area (Å²) in [6, 6.07) is 12.5. The SMILES string of the molecule is Cc1nc(Oc2ccc(NC(=O)c3cccs3)cc2)cc(-n2ccnc2)n1. The number of nitrogens with one attached hydrogen (secondary N) is 1. The third-order valence-electron chi connectivity index (χ3n) is 3.65. The molecule has 0 saturated heterocycles. The number of carbonyl (C=O) groups excluding carboxylic acids is 1. The van der Waals surface area contributed by atoms with Crippen LogP contribution in [0.25, 0.3) is 5.82 Å². The van der Waals surface area contributed by atoms with Crippen molar-refractivity contribution < 1.29 is 9.53 Å². The number of amides is 1. The zero-order valence-electron chi connectivity index (χ0n) is 14.4. The summed E-state index contributed by atoms with van der Waals surface area (Å²) < 4.78 is 7.62. The Morgan fingerprint density at radius 2 is 2.04 bits per heavy atom. The van der Waals surface area contributed by atoms with Crippen molar-refractivity contribution in [3.63, 3.8) is 0 Å². The first-order valence-corrected chi connectivity index (χ1v) is 9.02. The second-order valence-corrected chi connectivity index (χ2v) is 6.59. The minimum absolute atomic E-state index is 0.130. The van der Waals surface area contributed by atoms with Crippen LogP contribution in [0.1, 0.15) is 15.5 Å². The van der Waals surface area contributed by atoms with Crippen molar-refractivity contribution in [2.24, 2.45) is 0 Å². The van der Waals surface area contributed by atoms with Gasteiger partial charge in [-0.3, -0.25) is 9.36 Å². The molecule has 8 heteroatoms. The van der Waals surface area contributed by atoms with E-state index < -0.39 is 0 Å². The minimum Gasteiger partial charge on any atom is -0.439 e. The average Bonchev–Trinajstić information content (AvgIpc) is 3.37. The fourth-order valence-corrected chi connectivity index (χ4v) is 3.05. The number of benzene rings is 1. The minimum atomic E-state index is -0.130. The molecule has 0 unspecified atom stereocenters. The third kappa shape index (κ3) is 4.01. The van der Waals surface area contributed by atoms with Gasteiger partial charge in [-0.15, -0.1) is 11.3 Å². The van der Waals surface area contributed by atoms with Crippen LogP contribution in [-0.4, -0.2) is 25.4 Å². The van der Waals surface area contributed by atoms with Crippen LogP contribution in [0.3, 0.4) is 0 Å². The lowest BCUT2D eigenvalue weighted by atomic mass is 10.3. The van der Waals surface area contributed by atoms with E-state index in [0.29, 0.717) is 33.8 Å². The molecule has 0 spiro atoms. The standard InChI is InChI=1S/C19H15N5O2S/c1-13-21-17(24-9-8-20-12-24)11-18(22-13)26-15-6-4-14(5-7-15)23-19(25)16-3-2-10-27-16/h2-12H,1H3,(H,23,25). The van der Waals surface area contributed by atoms with Gasteiger partial charge < -0.3 is 10.1 Å². The number of hydrogen-bond acceptors (Lipinski definition) is 6. The molecule has 0 atom stereocenters. The normalized spacial score (nSPS) is 10.6. The highest BCUT2D eigenvalue weighted by molar-refractivity contribution is 7.12. The maximum atomic E-state index is 12.1. The molecule has 7 nitrogen and oxygen atoms in total. The first-order valence-electron chi connectivity index (χ1n) is 8.14. The predicted molar refractivity (Wildman–Crippen MR) is 103 cm³/mol. The Kier molecular flexibility index (Phi) is 4.63. The van der Waals surface area contributed by atoms with E-state index in [2.05, 4.69) is 20.3 Å². The third-order valence-corrected chi connectivity index (χ3v) is 4.52. The molecule has 3 aromatic heterocycles. The molecule has 0 radical (unpaired) electrons. The summed E-state index contributed by atoms with van der Waals surface area (Å²) in [5, 5.41) is 4.72. The Bertz CT molecular complexity index is 1040. The summed E-state index contributed by atoms with van der Waals surface area (Å²) in [7, 11) is 0. The van der Waals surface area contributed by atoms with Crippen LogP contribution in [0.15, 0.2) is 66.6 Å². The molecule has 0 bridgehead atoms. The van der Waals surface area contributed by atoms with Crippen molar-refractivity contribution in [1.29, 1.82) is 0 Å². The molecule has 134 valence electrons. The van der Waals surface area contributed by atoms with Crippen LogP contribution in [0, 0.1) is 6.92 Å². The van der Waals surface area contributed by atoms with Crippen LogP contribution >= 0.6 is 11.3 Å². The Balaban J connectivity index is 1.48. The summed E-state index contributed by atoms with van der Waals surface area (Å²) >= 11 is 1.40. The van der Waals surface area contributed by atoms with Crippen molar-refractivity contribution in [2.75, 3.05) is 5.32 Å². The molecule has 27 heavy (non-hydrogen) atoms. The molecule has 1 aromatic carbocycles. The maximum absolute atomic E-state index is 12.1. The maximum Gasteiger partial charge on any atom is 0.265 e. The number of carbonyl (C=O) groups is 1. The topological polar surface area (TPSA) is 81.9 Å². The van der Waals surface area contributed by atoms with Crippen molar-refractivity contribution in [3.05, 3.63) is 77.3 Å². The summed E-state index contributed by atoms with van der Waals surface area (Å²) in [6.45, 7) is 1.80. The van der Waals surface area contributed by atoms with Crippen LogP contribution in [0.4, 0.5) is 5.69 Å². The number of imidazole rings is 1. The number of aryl methyl sites for hydroxylation is 1. The van der Waals surface area contributed by atoms with E-state index in [1.165, 1.54) is 11.3 Å². The lowest BCUT2D eigenvalue weighted by molar-refractivity contribution is 0.103. The Hall–Kier alpha value is -3.52. The van der Waals surface area contributed by atoms with Crippen molar-refractivity contribution in [2.45, 2.75) is 6.92 Å². The van der Waals surface area contributed by atoms with E-state index >= 15 is 0 Å². The zero-order valence-corrected chi connectivity index (χ0v) is 15.2. The molecular formula is C19H15N5O2S. The monoisotopic (exact) mass is 377 g/mol. The predicted octanol–water partition coefficient (Wildman–Crippen LogP) is 4.08. The van der Waals surface area contributed by atoms with Gasteiger partial charge in [-0.05, 0) is 42.6 Å². The fraction of sp³-hybridized carbons (Fsp3) is 0.0526. The van der Waals surface area contributed by atoms with Gasteiger partial charge in [-0.2, -0.15) is 4.98 Å². The van der Waals surface area contributed by atoms with E-state index in [4.69, 9.17) is 4.74 Å². The molecule has 1 amide bonds. The fourth-order valence-electron chi connectivity index (χ4n) is 2.43. The van der Waals surface area contributed by atoms with Gasteiger partial charge in [0, 0.05) is 24.1 Å². The highest BCUT2D eigenvalue weighted by Crippen LogP contribution is 2.23. The van der Waals surface area contributed by atoms with Gasteiger partial charge in [0.2, 0.25) is 5.88 Å². The quantitative estimate of drug-likeness (QED) is 0.567. The summed E-state index contributed by atoms with van der Waals surface area (Å²) in [5.41, 5.74) is 0.693. The van der Waals surface area contributed by atoms with Gasteiger partial charge in [0.15, 0.2) is 0 Å². The lowest BCUT2D eigenvalue weighted by Crippen LogP contribution is -2.09. The average molecular weight is 377 g/mol. The van der Waals surface area contributed by atoms with Gasteiger partial charge >= 0.3 is 0 Å². The van der Waals surface area contributed by atoms with Gasteiger partial charge in [0.1, 0.15) is 23.7 Å². The molecule has 0 aliphatic heterocycles. The van der Waals surface area contributed by atoms with Gasteiger partial charge in [-0.1, -0.05) is 6.07 Å². The van der Waals surface area contributed by atoms with E-state index in [1.807, 2.05) is 11.4 Å². The van der Waals surface area contributed by atoms with Crippen LogP contribution in [0.2, 0.25) is 0 Å². The molecular weight excluding hydrogens is 362 g/mol. The number of anilines is 1. The van der Waals surface area contributed by atoms with Gasteiger partial charge in [-0.25, -0.2) is 9.97 Å². The molecule has 1 N–H and O–H groups in total. The first-order chi connectivity index (χ1) is 13.2. The second kappa shape index (κ2) is 7.38. The second-order valence-electron chi connectivity index (χ2n) is 5.64. The molecule has 0 aliphatic rings. The van der Waals surface area contributed by atoms with Crippen molar-refractivity contribution in [1.82, 2.24) is 19.5 Å². The van der Waals surface area contributed by atoms with E-state index in [1.54, 1.807) is 66.6 Å². The summed E-state index contributed by atoms with van der Waals surface area (Å²) in [5.74, 6) is 2.18. The highest BCUT2D eigenvalue weighted by atomic mass is 32.1. The Morgan fingerprint density at radius 1 is 1.19 bits per heavy atom. The Labute approximate surface area is 159 Å². The molecule has 0 aliphatic carbocycles. The van der Waals surface area contributed by atoms with Crippen LogP contribution < -0.4 is 10.1 Å². The van der Waals surface area contributed by atoms with Crippen LogP contribution in [-0.2, 0) is 0 Å². The Morgan fingerprint density at radius 3 is 2.74 bits per heavy atom. The molecule has 0 fully saturated rings. The van der Waals surface area contributed by atoms with E-state index in [-0.39, 0.29) is 5.91 Å².